The molecule has 0 unspecified atom stereocenters. The van der Waals surface area contributed by atoms with Crippen molar-refractivity contribution < 1.29 is 23.1 Å². The fourth-order valence-corrected chi connectivity index (χ4v) is 3.08. The maximum absolute atomic E-state index is 12.2. The van der Waals surface area contributed by atoms with Crippen LogP contribution in [0.3, 0.4) is 0 Å². The molecule has 0 aliphatic heterocycles. The molecule has 7 nitrogen and oxygen atoms in total. The highest BCUT2D eigenvalue weighted by atomic mass is 32.2. The van der Waals surface area contributed by atoms with Gasteiger partial charge < -0.3 is 15.2 Å². The zero-order chi connectivity index (χ0) is 16.6. The number of carboxylic acid groups (broad SMARTS) is 1. The van der Waals surface area contributed by atoms with Crippen LogP contribution in [0.4, 0.5) is 5.69 Å². The lowest BCUT2D eigenvalue weighted by atomic mass is 10.2. The molecule has 8 heteroatoms. The Kier molecular flexibility index (Phi) is 7.30. The third-order valence-electron chi connectivity index (χ3n) is 2.84. The van der Waals surface area contributed by atoms with Crippen molar-refractivity contribution >= 4 is 21.7 Å². The summed E-state index contributed by atoms with van der Waals surface area (Å²) in [6, 6.07) is 4.00. The minimum Gasteiger partial charge on any atom is -0.478 e. The molecule has 124 valence electrons. The normalized spacial score (nSPS) is 11.4. The van der Waals surface area contributed by atoms with Gasteiger partial charge in [-0.05, 0) is 31.5 Å². The molecule has 3 N–H and O–H groups in total. The monoisotopic (exact) mass is 330 g/mol. The van der Waals surface area contributed by atoms with Crippen LogP contribution >= 0.6 is 0 Å². The SMILES string of the molecule is CCNS(=O)(=O)c1cc(C(=O)O)ccc1NCCCOCC. The third-order valence-corrected chi connectivity index (χ3v) is 4.42. The van der Waals surface area contributed by atoms with Crippen LogP contribution in [0.15, 0.2) is 23.1 Å². The van der Waals surface area contributed by atoms with Gasteiger partial charge in [-0.25, -0.2) is 17.9 Å². The Labute approximate surface area is 130 Å². The molecule has 0 radical (unpaired) electrons. The summed E-state index contributed by atoms with van der Waals surface area (Å²) in [7, 11) is -3.75. The number of benzene rings is 1. The molecule has 0 fully saturated rings. The number of hydrogen-bond acceptors (Lipinski definition) is 5. The summed E-state index contributed by atoms with van der Waals surface area (Å²) in [5, 5.41) is 12.0. The van der Waals surface area contributed by atoms with Crippen LogP contribution in [-0.2, 0) is 14.8 Å². The zero-order valence-corrected chi connectivity index (χ0v) is 13.6. The number of sulfonamides is 1. The lowest BCUT2D eigenvalue weighted by Crippen LogP contribution is -2.24. The van der Waals surface area contributed by atoms with E-state index in [-0.39, 0.29) is 17.0 Å². The van der Waals surface area contributed by atoms with Crippen LogP contribution in [0.1, 0.15) is 30.6 Å². The Morgan fingerprint density at radius 2 is 2.05 bits per heavy atom. The van der Waals surface area contributed by atoms with E-state index < -0.39 is 16.0 Å². The molecule has 1 aromatic rings. The van der Waals surface area contributed by atoms with Gasteiger partial charge in [-0.3, -0.25) is 0 Å². The second kappa shape index (κ2) is 8.72. The second-order valence-electron chi connectivity index (χ2n) is 4.49. The van der Waals surface area contributed by atoms with Crippen molar-refractivity contribution in [1.29, 1.82) is 0 Å². The van der Waals surface area contributed by atoms with Crippen molar-refractivity contribution in [2.75, 3.05) is 31.6 Å². The Balaban J connectivity index is 2.98. The van der Waals surface area contributed by atoms with Crippen LogP contribution in [0.2, 0.25) is 0 Å². The van der Waals surface area contributed by atoms with Crippen LogP contribution in [-0.4, -0.2) is 45.8 Å². The van der Waals surface area contributed by atoms with Crippen molar-refractivity contribution in [3.05, 3.63) is 23.8 Å². The summed E-state index contributed by atoms with van der Waals surface area (Å²) in [4.78, 5) is 11.0. The first kappa shape index (κ1) is 18.4. The number of rotatable bonds is 10. The molecule has 0 saturated heterocycles. The van der Waals surface area contributed by atoms with E-state index in [0.717, 1.165) is 12.5 Å². The van der Waals surface area contributed by atoms with Gasteiger partial charge >= 0.3 is 5.97 Å². The number of hydrogen-bond donors (Lipinski definition) is 3. The molecule has 1 aromatic carbocycles. The Morgan fingerprint density at radius 3 is 2.64 bits per heavy atom. The number of anilines is 1. The molecule has 0 heterocycles. The van der Waals surface area contributed by atoms with Crippen molar-refractivity contribution in [3.8, 4) is 0 Å². The molecule has 1 rings (SSSR count). The zero-order valence-electron chi connectivity index (χ0n) is 12.8. The van der Waals surface area contributed by atoms with Gasteiger partial charge in [-0.1, -0.05) is 6.92 Å². The van der Waals surface area contributed by atoms with E-state index in [4.69, 9.17) is 9.84 Å². The molecular weight excluding hydrogens is 308 g/mol. The Bertz CT molecular complexity index is 601. The average molecular weight is 330 g/mol. The van der Waals surface area contributed by atoms with Gasteiger partial charge in [0.05, 0.1) is 11.3 Å². The predicted molar refractivity (Wildman–Crippen MR) is 83.9 cm³/mol. The molecule has 0 spiro atoms. The topological polar surface area (TPSA) is 105 Å². The fraction of sp³-hybridized carbons (Fsp3) is 0.500. The number of carbonyl (C=O) groups is 1. The summed E-state index contributed by atoms with van der Waals surface area (Å²) < 4.78 is 32.0. The van der Waals surface area contributed by atoms with Gasteiger partial charge in [-0.2, -0.15) is 0 Å². The summed E-state index contributed by atoms with van der Waals surface area (Å²) in [5.74, 6) is -1.17. The predicted octanol–water partition coefficient (Wildman–Crippen LogP) is 1.52. The fourth-order valence-electron chi connectivity index (χ4n) is 1.83. The van der Waals surface area contributed by atoms with E-state index in [9.17, 15) is 13.2 Å². The molecule has 0 aliphatic rings. The highest BCUT2D eigenvalue weighted by molar-refractivity contribution is 7.89. The van der Waals surface area contributed by atoms with Gasteiger partial charge in [0.2, 0.25) is 10.0 Å². The van der Waals surface area contributed by atoms with Crippen LogP contribution in [0.5, 0.6) is 0 Å². The largest absolute Gasteiger partial charge is 0.478 e. The molecule has 0 bridgehead atoms. The molecule has 0 aromatic heterocycles. The maximum Gasteiger partial charge on any atom is 0.335 e. The Hall–Kier alpha value is -1.64. The first-order chi connectivity index (χ1) is 10.4. The first-order valence-electron chi connectivity index (χ1n) is 7.11. The number of nitrogens with one attached hydrogen (secondary N) is 2. The molecule has 0 atom stereocenters. The molecule has 0 saturated carbocycles. The molecular formula is C14H22N2O5S. The first-order valence-corrected chi connectivity index (χ1v) is 8.59. The lowest BCUT2D eigenvalue weighted by Gasteiger charge is -2.13. The van der Waals surface area contributed by atoms with E-state index in [0.29, 0.717) is 25.4 Å². The highest BCUT2D eigenvalue weighted by Crippen LogP contribution is 2.23. The minimum absolute atomic E-state index is 0.0642. The van der Waals surface area contributed by atoms with Gasteiger partial charge in [0.25, 0.3) is 0 Å². The van der Waals surface area contributed by atoms with Crippen LogP contribution < -0.4 is 10.0 Å². The van der Waals surface area contributed by atoms with Crippen LogP contribution in [0, 0.1) is 0 Å². The van der Waals surface area contributed by atoms with Crippen molar-refractivity contribution in [1.82, 2.24) is 4.72 Å². The smallest absolute Gasteiger partial charge is 0.335 e. The quantitative estimate of drug-likeness (QED) is 0.562. The van der Waals surface area contributed by atoms with Crippen molar-refractivity contribution in [2.45, 2.75) is 25.2 Å². The number of aromatic carboxylic acids is 1. The second-order valence-corrected chi connectivity index (χ2v) is 6.23. The van der Waals surface area contributed by atoms with E-state index in [1.807, 2.05) is 6.92 Å². The third kappa shape index (κ3) is 5.28. The molecule has 22 heavy (non-hydrogen) atoms. The summed E-state index contributed by atoms with van der Waals surface area (Å²) in [5.41, 5.74) is 0.304. The van der Waals surface area contributed by atoms with Gasteiger partial charge in [0.15, 0.2) is 0 Å². The van der Waals surface area contributed by atoms with E-state index in [1.54, 1.807) is 6.92 Å². The minimum atomic E-state index is -3.75. The van der Waals surface area contributed by atoms with Crippen molar-refractivity contribution in [2.24, 2.45) is 0 Å². The summed E-state index contributed by atoms with van der Waals surface area (Å²) in [6.07, 6.45) is 0.717. The number of carboxylic acids is 1. The van der Waals surface area contributed by atoms with E-state index >= 15 is 0 Å². The van der Waals surface area contributed by atoms with Crippen molar-refractivity contribution in [3.63, 3.8) is 0 Å². The molecule has 0 amide bonds. The summed E-state index contributed by atoms with van der Waals surface area (Å²) in [6.45, 7) is 5.52. The highest BCUT2D eigenvalue weighted by Gasteiger charge is 2.19. The summed E-state index contributed by atoms with van der Waals surface area (Å²) >= 11 is 0. The van der Waals surface area contributed by atoms with Crippen LogP contribution in [0.25, 0.3) is 0 Å². The van der Waals surface area contributed by atoms with Gasteiger partial charge in [0, 0.05) is 26.3 Å². The maximum atomic E-state index is 12.2. The van der Waals surface area contributed by atoms with Gasteiger partial charge in [-0.15, -0.1) is 0 Å². The van der Waals surface area contributed by atoms with E-state index in [1.165, 1.54) is 12.1 Å². The molecule has 0 aliphatic carbocycles. The van der Waals surface area contributed by atoms with E-state index in [2.05, 4.69) is 10.0 Å². The number of ether oxygens (including phenoxy) is 1. The standard InChI is InChI=1S/C14H22N2O5S/c1-3-16-22(19,20)13-10-11(14(17)18)6-7-12(13)15-8-5-9-21-4-2/h6-7,10,15-16H,3-5,8-9H2,1-2H3,(H,17,18). The van der Waals surface area contributed by atoms with Gasteiger partial charge in [0.1, 0.15) is 4.90 Å². The average Bonchev–Trinajstić information content (AvgIpc) is 2.46. The Morgan fingerprint density at radius 1 is 1.32 bits per heavy atom. The lowest BCUT2D eigenvalue weighted by molar-refractivity contribution is 0.0696.